The zero-order valence-corrected chi connectivity index (χ0v) is 6.28. The van der Waals surface area contributed by atoms with E-state index in [1.165, 1.54) is 5.57 Å². The maximum Gasteiger partial charge on any atom is 0.00784 e. The highest BCUT2D eigenvalue weighted by Gasteiger charge is 2.15. The van der Waals surface area contributed by atoms with Gasteiger partial charge in [0.2, 0.25) is 0 Å². The zero-order chi connectivity index (χ0) is 6.85. The van der Waals surface area contributed by atoms with Crippen LogP contribution in [0.4, 0.5) is 0 Å². The molecule has 1 saturated heterocycles. The van der Waals surface area contributed by atoms with Crippen LogP contribution in [-0.4, -0.2) is 12.1 Å². The van der Waals surface area contributed by atoms with Crippen LogP contribution in [0.25, 0.3) is 0 Å². The molecule has 0 radical (unpaired) electrons. The first-order valence-corrected chi connectivity index (χ1v) is 3.61. The van der Waals surface area contributed by atoms with Gasteiger partial charge in [0.1, 0.15) is 0 Å². The summed E-state index contributed by atoms with van der Waals surface area (Å²) in [6.07, 6.45) is 2.31. The van der Waals surface area contributed by atoms with Gasteiger partial charge < -0.3 is 5.32 Å². The van der Waals surface area contributed by atoms with Gasteiger partial charge >= 0.3 is 0 Å². The van der Waals surface area contributed by atoms with Crippen molar-refractivity contribution in [1.82, 2.24) is 5.32 Å². The first-order valence-electron chi connectivity index (χ1n) is 3.61. The van der Waals surface area contributed by atoms with E-state index >= 15 is 0 Å². The van der Waals surface area contributed by atoms with Crippen LogP contribution in [0.3, 0.4) is 0 Å². The van der Waals surface area contributed by atoms with E-state index in [1.54, 1.807) is 0 Å². The van der Waals surface area contributed by atoms with Crippen LogP contribution in [0.2, 0.25) is 0 Å². The fraction of sp³-hybridized carbons (Fsp3) is 0.750. The van der Waals surface area contributed by atoms with Gasteiger partial charge in [-0.1, -0.05) is 12.2 Å². The van der Waals surface area contributed by atoms with Crippen LogP contribution in [0.1, 0.15) is 26.7 Å². The Balaban J connectivity index is 2.43. The van der Waals surface area contributed by atoms with Crippen molar-refractivity contribution in [2.45, 2.75) is 38.8 Å². The van der Waals surface area contributed by atoms with Crippen LogP contribution >= 0.6 is 0 Å². The van der Waals surface area contributed by atoms with Gasteiger partial charge in [0.15, 0.2) is 0 Å². The molecule has 0 saturated carbocycles. The summed E-state index contributed by atoms with van der Waals surface area (Å²) < 4.78 is 0. The summed E-state index contributed by atoms with van der Waals surface area (Å²) in [5, 5.41) is 3.45. The third-order valence-electron chi connectivity index (χ3n) is 1.76. The standard InChI is InChI=1S/C8H15N/c1-6-4-7(2)9-8(3)5-6/h7-9H,1,4-5H2,2-3H3. The zero-order valence-electron chi connectivity index (χ0n) is 6.28. The Morgan fingerprint density at radius 1 is 1.33 bits per heavy atom. The number of hydrogen-bond acceptors (Lipinski definition) is 1. The van der Waals surface area contributed by atoms with Crippen LogP contribution in [0.15, 0.2) is 12.2 Å². The van der Waals surface area contributed by atoms with Crippen LogP contribution < -0.4 is 5.32 Å². The highest BCUT2D eigenvalue weighted by molar-refractivity contribution is 5.03. The summed E-state index contributed by atoms with van der Waals surface area (Å²) in [6, 6.07) is 1.28. The minimum absolute atomic E-state index is 0.640. The fourth-order valence-corrected chi connectivity index (χ4v) is 1.55. The van der Waals surface area contributed by atoms with Gasteiger partial charge in [0.05, 0.1) is 0 Å². The maximum atomic E-state index is 3.98. The lowest BCUT2D eigenvalue weighted by molar-refractivity contribution is 0.412. The second-order valence-electron chi connectivity index (χ2n) is 3.13. The molecule has 0 aromatic rings. The Hall–Kier alpha value is -0.300. The molecule has 1 rings (SSSR count). The minimum atomic E-state index is 0.640. The smallest absolute Gasteiger partial charge is 0.00784 e. The molecule has 1 N–H and O–H groups in total. The highest BCUT2D eigenvalue weighted by Crippen LogP contribution is 2.16. The molecular formula is C8H15N. The highest BCUT2D eigenvalue weighted by atomic mass is 14.9. The molecular weight excluding hydrogens is 110 g/mol. The molecule has 0 spiro atoms. The van der Waals surface area contributed by atoms with Gasteiger partial charge in [-0.05, 0) is 26.7 Å². The Morgan fingerprint density at radius 2 is 1.78 bits per heavy atom. The molecule has 2 atom stereocenters. The van der Waals surface area contributed by atoms with Crippen molar-refractivity contribution in [3.05, 3.63) is 12.2 Å². The quantitative estimate of drug-likeness (QED) is 0.486. The molecule has 0 aromatic carbocycles. The summed E-state index contributed by atoms with van der Waals surface area (Å²) in [7, 11) is 0. The lowest BCUT2D eigenvalue weighted by Gasteiger charge is -2.27. The van der Waals surface area contributed by atoms with E-state index in [-0.39, 0.29) is 0 Å². The summed E-state index contributed by atoms with van der Waals surface area (Å²) in [4.78, 5) is 0. The number of nitrogens with one attached hydrogen (secondary N) is 1. The Kier molecular flexibility index (Phi) is 1.91. The van der Waals surface area contributed by atoms with Crippen LogP contribution in [-0.2, 0) is 0 Å². The predicted octanol–water partition coefficient (Wildman–Crippen LogP) is 1.70. The van der Waals surface area contributed by atoms with Gasteiger partial charge in [0.25, 0.3) is 0 Å². The van der Waals surface area contributed by atoms with Crippen LogP contribution in [0, 0.1) is 0 Å². The fourth-order valence-electron chi connectivity index (χ4n) is 1.55. The van der Waals surface area contributed by atoms with E-state index in [0.29, 0.717) is 12.1 Å². The van der Waals surface area contributed by atoms with E-state index in [4.69, 9.17) is 0 Å². The summed E-state index contributed by atoms with van der Waals surface area (Å²) in [5.74, 6) is 0. The minimum Gasteiger partial charge on any atom is -0.311 e. The van der Waals surface area contributed by atoms with Crippen molar-refractivity contribution in [2.75, 3.05) is 0 Å². The lowest BCUT2D eigenvalue weighted by Crippen LogP contribution is -2.39. The van der Waals surface area contributed by atoms with Gasteiger partial charge in [-0.3, -0.25) is 0 Å². The van der Waals surface area contributed by atoms with Gasteiger partial charge in [-0.25, -0.2) is 0 Å². The monoisotopic (exact) mass is 125 g/mol. The molecule has 1 heteroatoms. The number of rotatable bonds is 0. The molecule has 0 aliphatic carbocycles. The van der Waals surface area contributed by atoms with Crippen molar-refractivity contribution in [1.29, 1.82) is 0 Å². The Labute approximate surface area is 57.1 Å². The summed E-state index contributed by atoms with van der Waals surface area (Å²) >= 11 is 0. The molecule has 2 unspecified atom stereocenters. The molecule has 1 heterocycles. The van der Waals surface area contributed by atoms with Crippen molar-refractivity contribution in [3.8, 4) is 0 Å². The molecule has 52 valence electrons. The summed E-state index contributed by atoms with van der Waals surface area (Å²) in [6.45, 7) is 8.39. The second kappa shape index (κ2) is 2.53. The largest absolute Gasteiger partial charge is 0.311 e. The summed E-state index contributed by atoms with van der Waals surface area (Å²) in [5.41, 5.74) is 1.40. The van der Waals surface area contributed by atoms with E-state index in [2.05, 4.69) is 25.7 Å². The average Bonchev–Trinajstić information content (AvgIpc) is 1.59. The second-order valence-corrected chi connectivity index (χ2v) is 3.13. The van der Waals surface area contributed by atoms with Crippen molar-refractivity contribution < 1.29 is 0 Å². The van der Waals surface area contributed by atoms with E-state index < -0.39 is 0 Å². The molecule has 0 amide bonds. The molecule has 1 nitrogen and oxygen atoms in total. The first-order chi connectivity index (χ1) is 4.18. The third kappa shape index (κ3) is 1.83. The van der Waals surface area contributed by atoms with Gasteiger partial charge in [0, 0.05) is 12.1 Å². The van der Waals surface area contributed by atoms with E-state index in [9.17, 15) is 0 Å². The van der Waals surface area contributed by atoms with E-state index in [1.807, 2.05) is 0 Å². The molecule has 1 aliphatic rings. The van der Waals surface area contributed by atoms with Crippen molar-refractivity contribution in [3.63, 3.8) is 0 Å². The molecule has 1 fully saturated rings. The third-order valence-corrected chi connectivity index (χ3v) is 1.76. The van der Waals surface area contributed by atoms with Crippen molar-refractivity contribution in [2.24, 2.45) is 0 Å². The topological polar surface area (TPSA) is 12.0 Å². The Morgan fingerprint density at radius 3 is 2.11 bits per heavy atom. The molecule has 9 heavy (non-hydrogen) atoms. The Bertz CT molecular complexity index is 106. The van der Waals surface area contributed by atoms with Gasteiger partial charge in [-0.15, -0.1) is 0 Å². The predicted molar refractivity (Wildman–Crippen MR) is 40.4 cm³/mol. The van der Waals surface area contributed by atoms with Crippen molar-refractivity contribution >= 4 is 0 Å². The maximum absolute atomic E-state index is 3.98. The molecule has 1 aliphatic heterocycles. The molecule has 0 aromatic heterocycles. The normalized spacial score (nSPS) is 36.9. The van der Waals surface area contributed by atoms with E-state index in [0.717, 1.165) is 12.8 Å². The lowest BCUT2D eigenvalue weighted by atomic mass is 9.96. The number of hydrogen-bond donors (Lipinski definition) is 1. The number of piperidine rings is 1. The first kappa shape index (κ1) is 6.81. The van der Waals surface area contributed by atoms with Gasteiger partial charge in [-0.2, -0.15) is 0 Å². The van der Waals surface area contributed by atoms with Crippen LogP contribution in [0.5, 0.6) is 0 Å². The molecule has 0 bridgehead atoms. The SMILES string of the molecule is C=C1CC(C)NC(C)C1. The average molecular weight is 125 g/mol.